The van der Waals surface area contributed by atoms with E-state index in [1.165, 1.54) is 12.4 Å². The number of hydrogen-bond acceptors (Lipinski definition) is 7. The number of sulfone groups is 1. The highest BCUT2D eigenvalue weighted by atomic mass is 32.2. The number of H-pyrrole nitrogens is 1. The molecule has 0 saturated heterocycles. The molecule has 0 aliphatic rings. The van der Waals surface area contributed by atoms with Gasteiger partial charge in [0.25, 0.3) is 0 Å². The second-order valence-corrected chi connectivity index (χ2v) is 11.0. The molecule has 1 unspecified atom stereocenters. The summed E-state index contributed by atoms with van der Waals surface area (Å²) in [5, 5.41) is 7.62. The molecule has 1 atom stereocenters. The SMILES string of the molecule is CS(=O)(=O)c1ccc(-c2ncnc3ccc(-c4cn[nH]c4C(N)c4ccc(F)cc4F)cc23)s1. The van der Waals surface area contributed by atoms with E-state index in [0.717, 1.165) is 35.3 Å². The summed E-state index contributed by atoms with van der Waals surface area (Å²) in [4.78, 5) is 9.39. The lowest BCUT2D eigenvalue weighted by atomic mass is 9.96. The van der Waals surface area contributed by atoms with E-state index >= 15 is 0 Å². The summed E-state index contributed by atoms with van der Waals surface area (Å²) in [7, 11) is -3.34. The first kappa shape index (κ1) is 22.3. The number of rotatable bonds is 5. The summed E-state index contributed by atoms with van der Waals surface area (Å²) in [5.41, 5.74) is 9.52. The molecule has 0 bridgehead atoms. The van der Waals surface area contributed by atoms with Crippen LogP contribution in [-0.2, 0) is 9.84 Å². The first-order chi connectivity index (χ1) is 16.2. The standard InChI is InChI=1S/C23H17F2N5O2S2/c1-34(31,32)20-7-6-19(33-20)22-15-8-12(2-5-18(15)27-11-28-22)16-10-29-30-23(16)21(26)14-4-3-13(24)9-17(14)25/h2-11,21H,26H2,1H3,(H,29,30). The highest BCUT2D eigenvalue weighted by Gasteiger charge is 2.21. The Morgan fingerprint density at radius 1 is 1.06 bits per heavy atom. The van der Waals surface area contributed by atoms with Crippen LogP contribution in [0.1, 0.15) is 17.3 Å². The maximum atomic E-state index is 14.3. The Labute approximate surface area is 197 Å². The third kappa shape index (κ3) is 3.98. The Morgan fingerprint density at radius 2 is 1.88 bits per heavy atom. The van der Waals surface area contributed by atoms with Crippen molar-refractivity contribution in [2.24, 2.45) is 5.73 Å². The van der Waals surface area contributed by atoms with Gasteiger partial charge in [0.05, 0.1) is 34.0 Å². The summed E-state index contributed by atoms with van der Waals surface area (Å²) >= 11 is 1.13. The number of fused-ring (bicyclic) bond motifs is 1. The molecule has 11 heteroatoms. The zero-order valence-electron chi connectivity index (χ0n) is 17.7. The average Bonchev–Trinajstić information content (AvgIpc) is 3.48. The zero-order chi connectivity index (χ0) is 24.0. The van der Waals surface area contributed by atoms with Crippen molar-refractivity contribution in [2.45, 2.75) is 10.3 Å². The van der Waals surface area contributed by atoms with E-state index in [4.69, 9.17) is 5.73 Å². The topological polar surface area (TPSA) is 115 Å². The van der Waals surface area contributed by atoms with Crippen molar-refractivity contribution in [1.29, 1.82) is 0 Å². The molecule has 0 aliphatic heterocycles. The zero-order valence-corrected chi connectivity index (χ0v) is 19.3. The number of thiophene rings is 1. The maximum absolute atomic E-state index is 14.3. The third-order valence-corrected chi connectivity index (χ3v) is 8.32. The van der Waals surface area contributed by atoms with Gasteiger partial charge in [-0.1, -0.05) is 12.1 Å². The largest absolute Gasteiger partial charge is 0.319 e. The van der Waals surface area contributed by atoms with Gasteiger partial charge < -0.3 is 5.73 Å². The van der Waals surface area contributed by atoms with Crippen LogP contribution in [0.3, 0.4) is 0 Å². The van der Waals surface area contributed by atoms with Gasteiger partial charge in [0.15, 0.2) is 9.84 Å². The molecule has 0 fully saturated rings. The number of nitrogens with zero attached hydrogens (tertiary/aromatic N) is 3. The first-order valence-corrected chi connectivity index (χ1v) is 12.7. The Kier molecular flexibility index (Phi) is 5.47. The number of nitrogens with two attached hydrogens (primary N) is 1. The Morgan fingerprint density at radius 3 is 2.62 bits per heavy atom. The van der Waals surface area contributed by atoms with E-state index in [0.29, 0.717) is 32.7 Å². The van der Waals surface area contributed by atoms with Gasteiger partial charge in [-0.25, -0.2) is 27.2 Å². The molecule has 3 aromatic heterocycles. The van der Waals surface area contributed by atoms with Crippen LogP contribution in [0.5, 0.6) is 0 Å². The molecule has 0 radical (unpaired) electrons. The lowest BCUT2D eigenvalue weighted by molar-refractivity contribution is 0.564. The molecule has 2 aromatic carbocycles. The van der Waals surface area contributed by atoms with Gasteiger partial charge in [-0.3, -0.25) is 5.10 Å². The number of aromatic amines is 1. The minimum atomic E-state index is -3.34. The molecular weight excluding hydrogens is 480 g/mol. The van der Waals surface area contributed by atoms with Gasteiger partial charge in [0.1, 0.15) is 22.2 Å². The van der Waals surface area contributed by atoms with Crippen LogP contribution < -0.4 is 5.73 Å². The van der Waals surface area contributed by atoms with Gasteiger partial charge in [0, 0.05) is 28.8 Å². The monoisotopic (exact) mass is 497 g/mol. The third-order valence-electron chi connectivity index (χ3n) is 5.40. The summed E-state index contributed by atoms with van der Waals surface area (Å²) in [6, 6.07) is 11.1. The van der Waals surface area contributed by atoms with Crippen LogP contribution in [-0.4, -0.2) is 34.8 Å². The molecule has 3 heterocycles. The van der Waals surface area contributed by atoms with Gasteiger partial charge in [-0.2, -0.15) is 5.10 Å². The second kappa shape index (κ2) is 8.35. The minimum absolute atomic E-state index is 0.128. The molecular formula is C23H17F2N5O2S2. The minimum Gasteiger partial charge on any atom is -0.319 e. The van der Waals surface area contributed by atoms with Crippen LogP contribution in [0.15, 0.2) is 65.3 Å². The fourth-order valence-corrected chi connectivity index (χ4v) is 5.68. The van der Waals surface area contributed by atoms with E-state index < -0.39 is 27.5 Å². The van der Waals surface area contributed by atoms with Crippen LogP contribution in [0.25, 0.3) is 32.6 Å². The predicted molar refractivity (Wildman–Crippen MR) is 126 cm³/mol. The Hall–Kier alpha value is -3.54. The normalized spacial score (nSPS) is 12.8. The number of halogens is 2. The molecule has 0 aliphatic carbocycles. The lowest BCUT2D eigenvalue weighted by Gasteiger charge is -2.14. The summed E-state index contributed by atoms with van der Waals surface area (Å²) in [6.07, 6.45) is 4.16. The summed E-state index contributed by atoms with van der Waals surface area (Å²) in [5.74, 6) is -1.44. The van der Waals surface area contributed by atoms with Crippen LogP contribution in [0.4, 0.5) is 8.78 Å². The van der Waals surface area contributed by atoms with Gasteiger partial charge >= 0.3 is 0 Å². The smallest absolute Gasteiger partial charge is 0.184 e. The molecule has 5 aromatic rings. The fourth-order valence-electron chi connectivity index (χ4n) is 3.74. The van der Waals surface area contributed by atoms with E-state index in [9.17, 15) is 17.2 Å². The maximum Gasteiger partial charge on any atom is 0.184 e. The first-order valence-electron chi connectivity index (χ1n) is 10.0. The van der Waals surface area contributed by atoms with Crippen LogP contribution in [0.2, 0.25) is 0 Å². The van der Waals surface area contributed by atoms with E-state index in [-0.39, 0.29) is 9.77 Å². The second-order valence-electron chi connectivity index (χ2n) is 7.69. The molecule has 34 heavy (non-hydrogen) atoms. The summed E-state index contributed by atoms with van der Waals surface area (Å²) < 4.78 is 51.8. The van der Waals surface area contributed by atoms with Gasteiger partial charge in [0.2, 0.25) is 0 Å². The van der Waals surface area contributed by atoms with Crippen molar-refractivity contribution < 1.29 is 17.2 Å². The number of benzene rings is 2. The Balaban J connectivity index is 1.61. The van der Waals surface area contributed by atoms with Crippen LogP contribution in [0, 0.1) is 11.6 Å². The van der Waals surface area contributed by atoms with E-state index in [1.54, 1.807) is 18.3 Å². The van der Waals surface area contributed by atoms with Crippen molar-refractivity contribution >= 4 is 32.1 Å². The van der Waals surface area contributed by atoms with Gasteiger partial charge in [-0.15, -0.1) is 11.3 Å². The van der Waals surface area contributed by atoms with Crippen molar-refractivity contribution in [3.63, 3.8) is 0 Å². The quantitative estimate of drug-likeness (QED) is 0.370. The molecule has 3 N–H and O–H groups in total. The fraction of sp³-hybridized carbons (Fsp3) is 0.0870. The molecule has 0 saturated carbocycles. The van der Waals surface area contributed by atoms with Crippen molar-refractivity contribution in [3.05, 3.63) is 83.9 Å². The van der Waals surface area contributed by atoms with Crippen molar-refractivity contribution in [2.75, 3.05) is 6.26 Å². The molecule has 5 rings (SSSR count). The molecule has 0 spiro atoms. The number of nitrogens with one attached hydrogen (secondary N) is 1. The molecule has 172 valence electrons. The highest BCUT2D eigenvalue weighted by Crippen LogP contribution is 2.36. The number of aromatic nitrogens is 4. The molecule has 0 amide bonds. The summed E-state index contributed by atoms with van der Waals surface area (Å²) in [6.45, 7) is 0. The van der Waals surface area contributed by atoms with Crippen molar-refractivity contribution in [3.8, 4) is 21.7 Å². The number of hydrogen-bond donors (Lipinski definition) is 2. The predicted octanol–water partition coefficient (Wildman–Crippen LogP) is 4.48. The Bertz CT molecular complexity index is 1650. The average molecular weight is 498 g/mol. The van der Waals surface area contributed by atoms with Crippen molar-refractivity contribution in [1.82, 2.24) is 20.2 Å². The highest BCUT2D eigenvalue weighted by molar-refractivity contribution is 7.92. The molecule has 7 nitrogen and oxygen atoms in total. The van der Waals surface area contributed by atoms with Crippen LogP contribution >= 0.6 is 11.3 Å². The van der Waals surface area contributed by atoms with E-state index in [1.807, 2.05) is 18.2 Å². The van der Waals surface area contributed by atoms with E-state index in [2.05, 4.69) is 20.2 Å². The van der Waals surface area contributed by atoms with Gasteiger partial charge in [-0.05, 0) is 35.9 Å². The lowest BCUT2D eigenvalue weighted by Crippen LogP contribution is -2.15.